The Morgan fingerprint density at radius 1 is 1.10 bits per heavy atom. The van der Waals surface area contributed by atoms with Gasteiger partial charge in [0.2, 0.25) is 0 Å². The van der Waals surface area contributed by atoms with Gasteiger partial charge in [-0.1, -0.05) is 42.8 Å². The Hall–Kier alpha value is -1.58. The van der Waals surface area contributed by atoms with E-state index in [1.54, 1.807) is 6.07 Å². The van der Waals surface area contributed by atoms with E-state index in [1.807, 2.05) is 12.1 Å². The monoisotopic (exact) mass is 293 g/mol. The minimum atomic E-state index is -0.467. The third-order valence-corrected chi connectivity index (χ3v) is 3.21. The third-order valence-electron chi connectivity index (χ3n) is 2.90. The van der Waals surface area contributed by atoms with Gasteiger partial charge >= 0.3 is 0 Å². The first-order valence-corrected chi connectivity index (χ1v) is 6.93. The van der Waals surface area contributed by atoms with E-state index in [-0.39, 0.29) is 5.02 Å². The molecule has 0 saturated carbocycles. The highest BCUT2D eigenvalue weighted by Gasteiger charge is 2.02. The van der Waals surface area contributed by atoms with Crippen molar-refractivity contribution in [2.45, 2.75) is 20.1 Å². The highest BCUT2D eigenvalue weighted by molar-refractivity contribution is 6.30. The molecule has 0 spiro atoms. The fourth-order valence-electron chi connectivity index (χ4n) is 1.76. The van der Waals surface area contributed by atoms with Gasteiger partial charge in [0.1, 0.15) is 18.2 Å². The van der Waals surface area contributed by atoms with E-state index in [0.29, 0.717) is 12.4 Å². The molecule has 2 aromatic carbocycles. The first kappa shape index (κ1) is 14.8. The molecule has 4 heteroatoms. The van der Waals surface area contributed by atoms with E-state index in [1.165, 1.54) is 17.7 Å². The van der Waals surface area contributed by atoms with Crippen molar-refractivity contribution in [3.8, 4) is 5.75 Å². The molecule has 2 nitrogen and oxygen atoms in total. The Balaban J connectivity index is 1.91. The lowest BCUT2D eigenvalue weighted by molar-refractivity contribution is 0.304. The standard InChI is InChI=1S/C16H17ClFNO/c1-2-19-10-12-3-5-13(6-4-12)11-20-14-7-8-15(17)16(18)9-14/h3-9,19H,2,10-11H2,1H3. The molecule has 2 aromatic rings. The van der Waals surface area contributed by atoms with Crippen LogP contribution in [0.25, 0.3) is 0 Å². The molecule has 0 aromatic heterocycles. The molecule has 0 unspecified atom stereocenters. The van der Waals surface area contributed by atoms with Crippen molar-refractivity contribution in [2.24, 2.45) is 0 Å². The summed E-state index contributed by atoms with van der Waals surface area (Å²) < 4.78 is 18.8. The van der Waals surface area contributed by atoms with Gasteiger partial charge in [-0.15, -0.1) is 0 Å². The van der Waals surface area contributed by atoms with Crippen molar-refractivity contribution < 1.29 is 9.13 Å². The van der Waals surface area contributed by atoms with Crippen LogP contribution in [-0.4, -0.2) is 6.54 Å². The number of nitrogens with one attached hydrogen (secondary N) is 1. The molecule has 0 fully saturated rings. The zero-order valence-electron chi connectivity index (χ0n) is 11.3. The maximum atomic E-state index is 13.3. The molecule has 0 amide bonds. The predicted octanol–water partition coefficient (Wildman–Crippen LogP) is 4.17. The van der Waals surface area contributed by atoms with E-state index >= 15 is 0 Å². The zero-order chi connectivity index (χ0) is 14.4. The minimum absolute atomic E-state index is 0.102. The van der Waals surface area contributed by atoms with Gasteiger partial charge in [-0.3, -0.25) is 0 Å². The van der Waals surface area contributed by atoms with Crippen molar-refractivity contribution in [3.63, 3.8) is 0 Å². The molecule has 0 bridgehead atoms. The maximum absolute atomic E-state index is 13.3. The molecule has 0 radical (unpaired) electrons. The summed E-state index contributed by atoms with van der Waals surface area (Å²) in [6.07, 6.45) is 0. The molecule has 0 aliphatic rings. The van der Waals surface area contributed by atoms with Crippen molar-refractivity contribution in [2.75, 3.05) is 6.54 Å². The van der Waals surface area contributed by atoms with Crippen LogP contribution in [0.5, 0.6) is 5.75 Å². The molecule has 1 N–H and O–H groups in total. The Bertz CT molecular complexity index is 557. The van der Waals surface area contributed by atoms with Crippen molar-refractivity contribution >= 4 is 11.6 Å². The highest BCUT2D eigenvalue weighted by Crippen LogP contribution is 2.21. The topological polar surface area (TPSA) is 21.3 Å². The van der Waals surface area contributed by atoms with Crippen molar-refractivity contribution in [1.82, 2.24) is 5.32 Å². The lowest BCUT2D eigenvalue weighted by atomic mass is 10.1. The molecule has 106 valence electrons. The number of benzene rings is 2. The lowest BCUT2D eigenvalue weighted by Gasteiger charge is -2.08. The molecule has 0 aliphatic carbocycles. The number of rotatable bonds is 6. The van der Waals surface area contributed by atoms with Gasteiger partial charge in [-0.05, 0) is 29.8 Å². The first-order valence-electron chi connectivity index (χ1n) is 6.55. The van der Waals surface area contributed by atoms with Gasteiger partial charge in [0.25, 0.3) is 0 Å². The number of hydrogen-bond donors (Lipinski definition) is 1. The Labute approximate surface area is 123 Å². The van der Waals surface area contributed by atoms with Gasteiger partial charge in [-0.2, -0.15) is 0 Å². The van der Waals surface area contributed by atoms with Gasteiger partial charge in [0.15, 0.2) is 0 Å². The number of halogens is 2. The van der Waals surface area contributed by atoms with Crippen LogP contribution in [0.15, 0.2) is 42.5 Å². The first-order chi connectivity index (χ1) is 9.69. The summed E-state index contributed by atoms with van der Waals surface area (Å²) >= 11 is 5.62. The molecule has 0 atom stereocenters. The van der Waals surface area contributed by atoms with Crippen LogP contribution in [0.1, 0.15) is 18.1 Å². The van der Waals surface area contributed by atoms with Crippen LogP contribution in [0, 0.1) is 5.82 Å². The summed E-state index contributed by atoms with van der Waals surface area (Å²) in [6.45, 7) is 4.29. The van der Waals surface area contributed by atoms with Gasteiger partial charge in [-0.25, -0.2) is 4.39 Å². The number of ether oxygens (including phenoxy) is 1. The quantitative estimate of drug-likeness (QED) is 0.863. The normalized spacial score (nSPS) is 10.6. The van der Waals surface area contributed by atoms with Crippen molar-refractivity contribution in [1.29, 1.82) is 0 Å². The second-order valence-corrected chi connectivity index (χ2v) is 4.87. The fraction of sp³-hybridized carbons (Fsp3) is 0.250. The van der Waals surface area contributed by atoms with Gasteiger partial charge < -0.3 is 10.1 Å². The van der Waals surface area contributed by atoms with Gasteiger partial charge in [0.05, 0.1) is 5.02 Å². The maximum Gasteiger partial charge on any atom is 0.145 e. The summed E-state index contributed by atoms with van der Waals surface area (Å²) in [5, 5.41) is 3.37. The second kappa shape index (κ2) is 7.27. The van der Waals surface area contributed by atoms with Crippen LogP contribution in [0.4, 0.5) is 4.39 Å². The average Bonchev–Trinajstić information content (AvgIpc) is 2.47. The highest BCUT2D eigenvalue weighted by atomic mass is 35.5. The average molecular weight is 294 g/mol. The van der Waals surface area contributed by atoms with Crippen LogP contribution < -0.4 is 10.1 Å². The Kier molecular flexibility index (Phi) is 5.39. The smallest absolute Gasteiger partial charge is 0.145 e. The molecule has 20 heavy (non-hydrogen) atoms. The lowest BCUT2D eigenvalue weighted by Crippen LogP contribution is -2.11. The molecule has 0 saturated heterocycles. The van der Waals surface area contributed by atoms with Crippen LogP contribution in [-0.2, 0) is 13.2 Å². The van der Waals surface area contributed by atoms with Crippen LogP contribution in [0.3, 0.4) is 0 Å². The van der Waals surface area contributed by atoms with E-state index in [9.17, 15) is 4.39 Å². The molecular weight excluding hydrogens is 277 g/mol. The SMILES string of the molecule is CCNCc1ccc(COc2ccc(Cl)c(F)c2)cc1. The van der Waals surface area contributed by atoms with Crippen LogP contribution in [0.2, 0.25) is 5.02 Å². The van der Waals surface area contributed by atoms with E-state index < -0.39 is 5.82 Å². The molecule has 0 aliphatic heterocycles. The fourth-order valence-corrected chi connectivity index (χ4v) is 1.87. The Morgan fingerprint density at radius 2 is 1.80 bits per heavy atom. The van der Waals surface area contributed by atoms with Gasteiger partial charge in [0, 0.05) is 12.6 Å². The largest absolute Gasteiger partial charge is 0.489 e. The predicted molar refractivity (Wildman–Crippen MR) is 79.6 cm³/mol. The minimum Gasteiger partial charge on any atom is -0.489 e. The van der Waals surface area contributed by atoms with Crippen LogP contribution >= 0.6 is 11.6 Å². The summed E-state index contributed by atoms with van der Waals surface area (Å²) in [7, 11) is 0. The van der Waals surface area contributed by atoms with E-state index in [2.05, 4.69) is 24.4 Å². The zero-order valence-corrected chi connectivity index (χ0v) is 12.1. The van der Waals surface area contributed by atoms with E-state index in [4.69, 9.17) is 16.3 Å². The summed E-state index contributed by atoms with van der Waals surface area (Å²) in [6, 6.07) is 12.6. The summed E-state index contributed by atoms with van der Waals surface area (Å²) in [4.78, 5) is 0. The van der Waals surface area contributed by atoms with E-state index in [0.717, 1.165) is 18.7 Å². The third kappa shape index (κ3) is 4.22. The summed E-state index contributed by atoms with van der Waals surface area (Å²) in [5.41, 5.74) is 2.27. The molecular formula is C16H17ClFNO. The van der Waals surface area contributed by atoms with Crippen molar-refractivity contribution in [3.05, 3.63) is 64.4 Å². The molecule has 0 heterocycles. The molecule has 2 rings (SSSR count). The Morgan fingerprint density at radius 3 is 2.45 bits per heavy atom. The number of hydrogen-bond acceptors (Lipinski definition) is 2. The second-order valence-electron chi connectivity index (χ2n) is 4.46. The summed E-state index contributed by atoms with van der Waals surface area (Å²) in [5.74, 6) is 0.00813.